The summed E-state index contributed by atoms with van der Waals surface area (Å²) in [6.45, 7) is 1.44. The van der Waals surface area contributed by atoms with E-state index >= 15 is 0 Å². The molecule has 0 saturated carbocycles. The van der Waals surface area contributed by atoms with E-state index in [0.29, 0.717) is 6.54 Å². The van der Waals surface area contributed by atoms with Gasteiger partial charge in [-0.1, -0.05) is 36.4 Å². The Hall–Kier alpha value is -1.87. The molecule has 3 nitrogen and oxygen atoms in total. The minimum absolute atomic E-state index is 0.0970. The summed E-state index contributed by atoms with van der Waals surface area (Å²) in [5, 5.41) is 2.12. The van der Waals surface area contributed by atoms with E-state index in [0.717, 1.165) is 29.3 Å². The highest BCUT2D eigenvalue weighted by Crippen LogP contribution is 2.21. The van der Waals surface area contributed by atoms with Crippen LogP contribution in [0.15, 0.2) is 42.5 Å². The van der Waals surface area contributed by atoms with Gasteiger partial charge in [-0.15, -0.1) is 0 Å². The number of carbonyl (C=O) groups excluding carboxylic acids is 1. The molecule has 18 heavy (non-hydrogen) atoms. The largest absolute Gasteiger partial charge is 0.337 e. The smallest absolute Gasteiger partial charge is 0.254 e. The lowest BCUT2D eigenvalue weighted by atomic mass is 10.0. The highest BCUT2D eigenvalue weighted by atomic mass is 16.2. The average molecular weight is 240 g/mol. The van der Waals surface area contributed by atoms with Crippen LogP contribution in [0.5, 0.6) is 0 Å². The Balaban J connectivity index is 2.01. The van der Waals surface area contributed by atoms with Crippen molar-refractivity contribution in [1.29, 1.82) is 0 Å². The predicted octanol–water partition coefficient (Wildman–Crippen LogP) is 2.01. The van der Waals surface area contributed by atoms with Crippen LogP contribution in [0.4, 0.5) is 0 Å². The van der Waals surface area contributed by atoms with E-state index in [1.807, 2.05) is 47.4 Å². The average Bonchev–Trinajstić information content (AvgIpc) is 2.84. The maximum Gasteiger partial charge on any atom is 0.254 e. The molecule has 92 valence electrons. The van der Waals surface area contributed by atoms with Gasteiger partial charge < -0.3 is 10.6 Å². The molecule has 2 aromatic carbocycles. The van der Waals surface area contributed by atoms with E-state index in [2.05, 4.69) is 0 Å². The molecule has 0 aliphatic carbocycles. The zero-order valence-electron chi connectivity index (χ0n) is 10.2. The van der Waals surface area contributed by atoms with E-state index in [1.165, 1.54) is 0 Å². The fourth-order valence-electron chi connectivity index (χ4n) is 2.55. The third-order valence-electron chi connectivity index (χ3n) is 3.53. The van der Waals surface area contributed by atoms with Gasteiger partial charge in [0, 0.05) is 24.7 Å². The van der Waals surface area contributed by atoms with Crippen LogP contribution < -0.4 is 5.73 Å². The fraction of sp³-hybridized carbons (Fsp3) is 0.267. The highest BCUT2D eigenvalue weighted by Gasteiger charge is 2.25. The number of amides is 1. The van der Waals surface area contributed by atoms with E-state index in [-0.39, 0.29) is 11.9 Å². The molecule has 0 radical (unpaired) electrons. The lowest BCUT2D eigenvalue weighted by Crippen LogP contribution is -2.31. The number of benzene rings is 2. The van der Waals surface area contributed by atoms with Gasteiger partial charge in [-0.3, -0.25) is 4.79 Å². The van der Waals surface area contributed by atoms with Crippen LogP contribution in [0, 0.1) is 0 Å². The molecule has 3 rings (SSSR count). The second-order valence-corrected chi connectivity index (χ2v) is 4.83. The molecular formula is C15H16N2O. The molecule has 2 aromatic rings. The standard InChI is InChI=1S/C15H16N2O/c16-12-8-9-17(10-12)15(18)14-7-3-5-11-4-1-2-6-13(11)14/h1-7,12H,8-10,16H2/t12-/m0/s1. The molecule has 1 amide bonds. The first kappa shape index (κ1) is 11.2. The zero-order valence-corrected chi connectivity index (χ0v) is 10.2. The number of rotatable bonds is 1. The van der Waals surface area contributed by atoms with Crippen molar-refractivity contribution in [1.82, 2.24) is 4.90 Å². The van der Waals surface area contributed by atoms with E-state index in [9.17, 15) is 4.79 Å². The van der Waals surface area contributed by atoms with Crippen LogP contribution in [-0.4, -0.2) is 29.9 Å². The summed E-state index contributed by atoms with van der Waals surface area (Å²) in [5.41, 5.74) is 6.64. The predicted molar refractivity (Wildman–Crippen MR) is 72.4 cm³/mol. The van der Waals surface area contributed by atoms with Crippen LogP contribution in [0.2, 0.25) is 0 Å². The van der Waals surface area contributed by atoms with Crippen molar-refractivity contribution in [2.24, 2.45) is 5.73 Å². The van der Waals surface area contributed by atoms with Crippen LogP contribution >= 0.6 is 0 Å². The van der Waals surface area contributed by atoms with Crippen molar-refractivity contribution in [3.05, 3.63) is 48.0 Å². The summed E-state index contributed by atoms with van der Waals surface area (Å²) in [6, 6.07) is 14.0. The van der Waals surface area contributed by atoms with Crippen LogP contribution in [0.3, 0.4) is 0 Å². The van der Waals surface area contributed by atoms with Crippen molar-refractivity contribution >= 4 is 16.7 Å². The Morgan fingerprint density at radius 3 is 2.72 bits per heavy atom. The van der Waals surface area contributed by atoms with Gasteiger partial charge >= 0.3 is 0 Å². The van der Waals surface area contributed by atoms with E-state index < -0.39 is 0 Å². The lowest BCUT2D eigenvalue weighted by Gasteiger charge is -2.17. The Kier molecular flexibility index (Phi) is 2.76. The van der Waals surface area contributed by atoms with E-state index in [1.54, 1.807) is 0 Å². The molecule has 3 heteroatoms. The molecule has 1 saturated heterocycles. The maximum atomic E-state index is 12.5. The number of nitrogens with zero attached hydrogens (tertiary/aromatic N) is 1. The van der Waals surface area contributed by atoms with Crippen LogP contribution in [-0.2, 0) is 0 Å². The third-order valence-corrected chi connectivity index (χ3v) is 3.53. The number of carbonyl (C=O) groups is 1. The molecule has 1 heterocycles. The summed E-state index contributed by atoms with van der Waals surface area (Å²) in [6.07, 6.45) is 0.899. The van der Waals surface area contributed by atoms with Gasteiger partial charge in [-0.25, -0.2) is 0 Å². The van der Waals surface area contributed by atoms with Gasteiger partial charge in [0.05, 0.1) is 0 Å². The molecule has 0 aromatic heterocycles. The molecule has 1 aliphatic rings. The van der Waals surface area contributed by atoms with Crippen molar-refractivity contribution in [3.8, 4) is 0 Å². The highest BCUT2D eigenvalue weighted by molar-refractivity contribution is 6.07. The SMILES string of the molecule is N[C@H]1CCN(C(=O)c2cccc3ccccc23)C1. The van der Waals surface area contributed by atoms with Crippen molar-refractivity contribution in [2.75, 3.05) is 13.1 Å². The summed E-state index contributed by atoms with van der Waals surface area (Å²) in [5.74, 6) is 0.0970. The Bertz CT molecular complexity index is 589. The number of fused-ring (bicyclic) bond motifs is 1. The van der Waals surface area contributed by atoms with Crippen LogP contribution in [0.25, 0.3) is 10.8 Å². The van der Waals surface area contributed by atoms with Crippen molar-refractivity contribution < 1.29 is 4.79 Å². The molecule has 2 N–H and O–H groups in total. The molecule has 1 aliphatic heterocycles. The van der Waals surface area contributed by atoms with Gasteiger partial charge in [-0.2, -0.15) is 0 Å². The monoisotopic (exact) mass is 240 g/mol. The minimum atomic E-state index is 0.0970. The van der Waals surface area contributed by atoms with Gasteiger partial charge in [-0.05, 0) is 23.3 Å². The molecule has 0 unspecified atom stereocenters. The number of hydrogen-bond donors (Lipinski definition) is 1. The summed E-state index contributed by atoms with van der Waals surface area (Å²) in [7, 11) is 0. The first-order valence-electron chi connectivity index (χ1n) is 6.28. The minimum Gasteiger partial charge on any atom is -0.337 e. The number of nitrogens with two attached hydrogens (primary N) is 1. The second-order valence-electron chi connectivity index (χ2n) is 4.83. The molecule has 1 atom stereocenters. The first-order chi connectivity index (χ1) is 8.75. The molecule has 1 fully saturated rings. The quantitative estimate of drug-likeness (QED) is 0.828. The van der Waals surface area contributed by atoms with Gasteiger partial charge in [0.25, 0.3) is 5.91 Å². The number of hydrogen-bond acceptors (Lipinski definition) is 2. The summed E-state index contributed by atoms with van der Waals surface area (Å²) >= 11 is 0. The Labute approximate surface area is 106 Å². The summed E-state index contributed by atoms with van der Waals surface area (Å²) < 4.78 is 0. The summed E-state index contributed by atoms with van der Waals surface area (Å²) in [4.78, 5) is 14.3. The fourth-order valence-corrected chi connectivity index (χ4v) is 2.55. The van der Waals surface area contributed by atoms with Gasteiger partial charge in [0.1, 0.15) is 0 Å². The molecule has 0 bridgehead atoms. The molecular weight excluding hydrogens is 224 g/mol. The Morgan fingerprint density at radius 1 is 1.17 bits per heavy atom. The third kappa shape index (κ3) is 1.87. The number of likely N-dealkylation sites (tertiary alicyclic amines) is 1. The normalized spacial score (nSPS) is 19.4. The molecule has 0 spiro atoms. The van der Waals surface area contributed by atoms with Crippen molar-refractivity contribution in [3.63, 3.8) is 0 Å². The van der Waals surface area contributed by atoms with Gasteiger partial charge in [0.15, 0.2) is 0 Å². The van der Waals surface area contributed by atoms with Gasteiger partial charge in [0.2, 0.25) is 0 Å². The van der Waals surface area contributed by atoms with Crippen molar-refractivity contribution in [2.45, 2.75) is 12.5 Å². The zero-order chi connectivity index (χ0) is 12.5. The lowest BCUT2D eigenvalue weighted by molar-refractivity contribution is 0.0793. The Morgan fingerprint density at radius 2 is 1.94 bits per heavy atom. The first-order valence-corrected chi connectivity index (χ1v) is 6.28. The van der Waals surface area contributed by atoms with Crippen LogP contribution in [0.1, 0.15) is 16.8 Å². The van der Waals surface area contributed by atoms with E-state index in [4.69, 9.17) is 5.73 Å². The second kappa shape index (κ2) is 4.42. The maximum absolute atomic E-state index is 12.5. The topological polar surface area (TPSA) is 46.3 Å².